The monoisotopic (exact) mass is 408 g/mol. The fourth-order valence-electron chi connectivity index (χ4n) is 4.19. The van der Waals surface area contributed by atoms with E-state index < -0.39 is 5.92 Å². The van der Waals surface area contributed by atoms with Gasteiger partial charge in [-0.1, -0.05) is 54.6 Å². The number of hydrogen-bond donors (Lipinski definition) is 2. The van der Waals surface area contributed by atoms with Crippen LogP contribution >= 0.6 is 0 Å². The van der Waals surface area contributed by atoms with Crippen molar-refractivity contribution >= 4 is 16.7 Å². The third-order valence-corrected chi connectivity index (χ3v) is 5.75. The Kier molecular flexibility index (Phi) is 4.64. The first kappa shape index (κ1) is 18.9. The molecule has 0 saturated carbocycles. The maximum atomic E-state index is 9.67. The second-order valence-corrected chi connectivity index (χ2v) is 7.61. The molecule has 0 spiro atoms. The summed E-state index contributed by atoms with van der Waals surface area (Å²) in [6.45, 7) is 2.36. The van der Waals surface area contributed by atoms with Gasteiger partial charge in [0.15, 0.2) is 0 Å². The normalized spacial score (nSPS) is 17.6. The highest BCUT2D eigenvalue weighted by atomic mass is 16.5. The van der Waals surface area contributed by atoms with E-state index in [-0.39, 0.29) is 11.8 Å². The minimum atomic E-state index is -0.703. The van der Waals surface area contributed by atoms with Crippen LogP contribution in [0.4, 0.5) is 0 Å². The molecule has 1 aliphatic rings. The van der Waals surface area contributed by atoms with Crippen LogP contribution in [0.1, 0.15) is 28.3 Å². The molecule has 1 aliphatic heterocycles. The summed E-state index contributed by atoms with van der Waals surface area (Å²) >= 11 is 0. The Labute approximate surface area is 179 Å². The number of hydrogen-bond acceptors (Lipinski definition) is 5. The predicted octanol–water partition coefficient (Wildman–Crippen LogP) is 5.09. The number of ether oxygens (including phenoxy) is 2. The van der Waals surface area contributed by atoms with E-state index in [1.54, 1.807) is 0 Å². The Hall–Kier alpha value is -4.11. The molecule has 0 aliphatic carbocycles. The van der Waals surface area contributed by atoms with Gasteiger partial charge in [0.25, 0.3) is 0 Å². The zero-order valence-corrected chi connectivity index (χ0v) is 16.9. The van der Waals surface area contributed by atoms with Crippen molar-refractivity contribution in [3.05, 3.63) is 89.1 Å². The second kappa shape index (κ2) is 7.62. The number of aromatic amines is 1. The Morgan fingerprint density at radius 2 is 1.87 bits per heavy atom. The standard InChI is InChI=1S/C25H20N4O2/c1-15-22-23(21(13-26)24(27)31-25(22)29-28-15)17-9-11-19(12-10-17)30-14-18-7-4-6-16-5-2-3-8-20(16)18/h2-12,21,23,27H,14H2,1H3,(H,28,29). The van der Waals surface area contributed by atoms with Gasteiger partial charge < -0.3 is 9.47 Å². The maximum Gasteiger partial charge on any atom is 0.243 e. The third kappa shape index (κ3) is 3.30. The zero-order chi connectivity index (χ0) is 21.4. The molecule has 1 aromatic heterocycles. The van der Waals surface area contributed by atoms with Crippen molar-refractivity contribution in [1.82, 2.24) is 10.2 Å². The van der Waals surface area contributed by atoms with Crippen LogP contribution in [0.25, 0.3) is 10.8 Å². The average Bonchev–Trinajstić information content (AvgIpc) is 3.17. The summed E-state index contributed by atoms with van der Waals surface area (Å²) in [4.78, 5) is 0. The van der Waals surface area contributed by atoms with Crippen LogP contribution in [0.5, 0.6) is 11.6 Å². The lowest BCUT2D eigenvalue weighted by Crippen LogP contribution is -2.30. The zero-order valence-electron chi connectivity index (χ0n) is 16.9. The third-order valence-electron chi connectivity index (χ3n) is 5.75. The molecule has 0 bridgehead atoms. The lowest BCUT2D eigenvalue weighted by atomic mass is 9.79. The van der Waals surface area contributed by atoms with Crippen LogP contribution in [-0.2, 0) is 6.61 Å². The van der Waals surface area contributed by atoms with E-state index in [1.807, 2.05) is 49.4 Å². The van der Waals surface area contributed by atoms with Crippen LogP contribution in [0.3, 0.4) is 0 Å². The molecular formula is C25H20N4O2. The quantitative estimate of drug-likeness (QED) is 0.492. The van der Waals surface area contributed by atoms with Gasteiger partial charge in [0.1, 0.15) is 18.3 Å². The molecule has 4 aromatic rings. The fraction of sp³-hybridized carbons (Fsp3) is 0.160. The summed E-state index contributed by atoms with van der Waals surface area (Å²) in [6, 6.07) is 24.4. The molecule has 0 fully saturated rings. The summed E-state index contributed by atoms with van der Waals surface area (Å²) in [6.07, 6.45) is 0. The summed E-state index contributed by atoms with van der Waals surface area (Å²) < 4.78 is 11.5. The highest BCUT2D eigenvalue weighted by Crippen LogP contribution is 2.42. The molecule has 6 heteroatoms. The number of fused-ring (bicyclic) bond motifs is 2. The summed E-state index contributed by atoms with van der Waals surface area (Å²) in [5.74, 6) is 0.0212. The Balaban J connectivity index is 1.40. The first-order valence-corrected chi connectivity index (χ1v) is 10.1. The molecule has 31 heavy (non-hydrogen) atoms. The van der Waals surface area contributed by atoms with Crippen molar-refractivity contribution in [2.45, 2.75) is 19.4 Å². The van der Waals surface area contributed by atoms with Gasteiger partial charge in [0.05, 0.1) is 6.07 Å². The van der Waals surface area contributed by atoms with E-state index in [0.717, 1.165) is 28.1 Å². The van der Waals surface area contributed by atoms with Gasteiger partial charge in [-0.15, -0.1) is 5.10 Å². The molecule has 0 amide bonds. The van der Waals surface area contributed by atoms with E-state index in [1.165, 1.54) is 10.8 Å². The first-order valence-electron chi connectivity index (χ1n) is 10.1. The van der Waals surface area contributed by atoms with Crippen LogP contribution in [-0.4, -0.2) is 16.1 Å². The van der Waals surface area contributed by atoms with E-state index in [2.05, 4.69) is 40.5 Å². The van der Waals surface area contributed by atoms with Crippen LogP contribution < -0.4 is 9.47 Å². The lowest BCUT2D eigenvalue weighted by Gasteiger charge is -2.27. The van der Waals surface area contributed by atoms with Gasteiger partial charge in [-0.2, -0.15) is 5.26 Å². The van der Waals surface area contributed by atoms with Gasteiger partial charge in [-0.05, 0) is 41.0 Å². The molecule has 0 radical (unpaired) electrons. The Morgan fingerprint density at radius 1 is 1.10 bits per heavy atom. The average molecular weight is 408 g/mol. The van der Waals surface area contributed by atoms with E-state index in [0.29, 0.717) is 12.5 Å². The van der Waals surface area contributed by atoms with E-state index in [4.69, 9.17) is 14.9 Å². The number of benzene rings is 3. The van der Waals surface area contributed by atoms with Crippen LogP contribution in [0, 0.1) is 29.6 Å². The maximum absolute atomic E-state index is 9.67. The number of nitrogens with zero attached hydrogens (tertiary/aromatic N) is 2. The number of H-pyrrole nitrogens is 1. The molecule has 2 N–H and O–H groups in total. The molecule has 3 aromatic carbocycles. The summed E-state index contributed by atoms with van der Waals surface area (Å²) in [5.41, 5.74) is 3.71. The van der Waals surface area contributed by atoms with Gasteiger partial charge in [-0.25, -0.2) is 0 Å². The number of nitriles is 1. The predicted molar refractivity (Wildman–Crippen MR) is 117 cm³/mol. The Morgan fingerprint density at radius 3 is 2.68 bits per heavy atom. The van der Waals surface area contributed by atoms with Crippen LogP contribution in [0.15, 0.2) is 66.7 Å². The molecular weight excluding hydrogens is 388 g/mol. The first-order chi connectivity index (χ1) is 15.2. The highest BCUT2D eigenvalue weighted by Gasteiger charge is 2.39. The van der Waals surface area contributed by atoms with Crippen molar-refractivity contribution in [1.29, 1.82) is 10.7 Å². The molecule has 152 valence electrons. The molecule has 0 saturated heterocycles. The van der Waals surface area contributed by atoms with E-state index in [9.17, 15) is 5.26 Å². The summed E-state index contributed by atoms with van der Waals surface area (Å²) in [5, 5.41) is 27.2. The number of aryl methyl sites for hydroxylation is 1. The van der Waals surface area contributed by atoms with Gasteiger partial charge in [-0.3, -0.25) is 10.5 Å². The van der Waals surface area contributed by atoms with Crippen molar-refractivity contribution in [2.24, 2.45) is 5.92 Å². The topological polar surface area (TPSA) is 94.8 Å². The SMILES string of the molecule is Cc1[nH]nc2c1C(c1ccc(OCc3cccc4ccccc34)cc1)C(C#N)C(=N)O2. The van der Waals surface area contributed by atoms with Crippen molar-refractivity contribution in [3.8, 4) is 17.7 Å². The van der Waals surface area contributed by atoms with Gasteiger partial charge in [0, 0.05) is 17.2 Å². The largest absolute Gasteiger partial charge is 0.489 e. The highest BCUT2D eigenvalue weighted by molar-refractivity contribution is 5.86. The molecule has 2 unspecified atom stereocenters. The minimum absolute atomic E-state index is 0.0808. The van der Waals surface area contributed by atoms with E-state index >= 15 is 0 Å². The smallest absolute Gasteiger partial charge is 0.243 e. The second-order valence-electron chi connectivity index (χ2n) is 7.61. The van der Waals surface area contributed by atoms with Crippen molar-refractivity contribution in [2.75, 3.05) is 0 Å². The molecule has 2 atom stereocenters. The number of aromatic nitrogens is 2. The molecule has 5 rings (SSSR count). The number of rotatable bonds is 4. The lowest BCUT2D eigenvalue weighted by molar-refractivity contribution is 0.307. The minimum Gasteiger partial charge on any atom is -0.489 e. The van der Waals surface area contributed by atoms with Crippen molar-refractivity contribution < 1.29 is 9.47 Å². The molecule has 6 nitrogen and oxygen atoms in total. The van der Waals surface area contributed by atoms with Crippen LogP contribution in [0.2, 0.25) is 0 Å². The Bertz CT molecular complexity index is 1310. The molecule has 2 heterocycles. The van der Waals surface area contributed by atoms with Gasteiger partial charge in [0.2, 0.25) is 11.8 Å². The summed E-state index contributed by atoms with van der Waals surface area (Å²) in [7, 11) is 0. The number of nitrogens with one attached hydrogen (secondary N) is 2. The van der Waals surface area contributed by atoms with Crippen molar-refractivity contribution in [3.63, 3.8) is 0 Å². The fourth-order valence-corrected chi connectivity index (χ4v) is 4.19. The van der Waals surface area contributed by atoms with Gasteiger partial charge >= 0.3 is 0 Å².